The zero-order valence-corrected chi connectivity index (χ0v) is 52.1. The Balaban J connectivity index is 0.00000378. The van der Waals surface area contributed by atoms with Gasteiger partial charge in [0, 0.05) is 71.4 Å². The largest absolute Gasteiger partial charge is 0.508 e. The van der Waals surface area contributed by atoms with Crippen molar-refractivity contribution >= 4 is 87.4 Å². The molecular weight excluding hydrogens is 1190 g/mol. The number of urea groups is 1. The van der Waals surface area contributed by atoms with Crippen molar-refractivity contribution < 1.29 is 103 Å². The van der Waals surface area contributed by atoms with E-state index in [1.165, 1.54) is 5.56 Å². The van der Waals surface area contributed by atoms with Crippen LogP contribution in [-0.4, -0.2) is 175 Å². The fourth-order valence-corrected chi connectivity index (χ4v) is 9.08. The molecule has 0 aliphatic rings. The van der Waals surface area contributed by atoms with E-state index in [0.29, 0.717) is 81.9 Å². The second kappa shape index (κ2) is 46.4. The highest BCUT2D eigenvalue weighted by atomic mass is 16.4. The molecule has 504 valence electrons. The van der Waals surface area contributed by atoms with E-state index in [-0.39, 0.29) is 63.2 Å². The number of rotatable bonds is 45. The Labute approximate surface area is 528 Å². The van der Waals surface area contributed by atoms with Crippen molar-refractivity contribution in [2.75, 3.05) is 33.4 Å². The topological polar surface area (TPSA) is 456 Å². The van der Waals surface area contributed by atoms with E-state index >= 15 is 0 Å². The lowest BCUT2D eigenvalue weighted by Gasteiger charge is -2.20. The van der Waals surface area contributed by atoms with E-state index in [1.54, 1.807) is 25.1 Å². The molecule has 3 rings (SSSR count). The van der Waals surface area contributed by atoms with Crippen LogP contribution in [0.25, 0.3) is 10.8 Å². The second-order valence-corrected chi connectivity index (χ2v) is 21.7. The van der Waals surface area contributed by atoms with E-state index in [2.05, 4.69) is 31.9 Å². The molecule has 0 bridgehead atoms. The molecule has 0 fully saturated rings. The molecule has 91 heavy (non-hydrogen) atoms. The third-order valence-corrected chi connectivity index (χ3v) is 14.4. The van der Waals surface area contributed by atoms with Crippen molar-refractivity contribution in [2.45, 2.75) is 179 Å². The lowest BCUT2D eigenvalue weighted by atomic mass is 9.90. The number of phenolic OH excluding ortho intramolecular Hbond substituents is 1. The first kappa shape index (κ1) is 80.3. The molecule has 0 aliphatic carbocycles. The van der Waals surface area contributed by atoms with Gasteiger partial charge in [0.1, 0.15) is 29.7 Å². The van der Waals surface area contributed by atoms with Gasteiger partial charge in [-0.3, -0.25) is 47.9 Å². The van der Waals surface area contributed by atoms with E-state index in [9.17, 15) is 87.9 Å². The highest BCUT2D eigenvalue weighted by molar-refractivity contribution is 5.95. The van der Waals surface area contributed by atoms with E-state index in [1.807, 2.05) is 55.5 Å². The lowest BCUT2D eigenvalue weighted by Crippen LogP contribution is -2.51. The van der Waals surface area contributed by atoms with Crippen molar-refractivity contribution in [3.05, 3.63) is 77.9 Å². The molecule has 3 aromatic carbocycles. The minimum absolute atomic E-state index is 0.00890. The maximum absolute atomic E-state index is 13.9. The Morgan fingerprint density at radius 1 is 0.473 bits per heavy atom. The SMILES string of the molecule is CCC(=O)NC(CO)C(=O)C[C@@H](CO)C(=O)NCC(=O)CCC(=O)N[C@H](Cc1ccc2ccccc2c1)C(=O)C[C@H](CCCCCC(=O)CCCCCCC(=O)NCCCCC(NC(=O)N[C@@H](CCC(=O)O)C(=O)O)C(=O)O)C(=O)O.CO.Cc1ccc(O)cc1. The number of amides is 6. The number of hydrogen-bond donors (Lipinski definition) is 14. The molecule has 0 heterocycles. The molecule has 6 amide bonds. The van der Waals surface area contributed by atoms with E-state index in [4.69, 9.17) is 15.3 Å². The summed E-state index contributed by atoms with van der Waals surface area (Å²) in [5.74, 6) is -11.3. The first-order valence-electron chi connectivity index (χ1n) is 30.4. The summed E-state index contributed by atoms with van der Waals surface area (Å²) in [7, 11) is 1.00. The Hall–Kier alpha value is -8.69. The molecule has 6 atom stereocenters. The van der Waals surface area contributed by atoms with Crippen molar-refractivity contribution in [2.24, 2.45) is 11.8 Å². The Morgan fingerprint density at radius 3 is 1.60 bits per heavy atom. The quantitative estimate of drug-likeness (QED) is 0.0356. The molecule has 2 unspecified atom stereocenters. The molecule has 0 aliphatic heterocycles. The number of aliphatic carboxylic acids is 4. The first-order chi connectivity index (χ1) is 43.3. The number of aliphatic hydroxyl groups excluding tert-OH is 3. The number of carboxylic acid groups (broad SMARTS) is 4. The number of benzene rings is 3. The summed E-state index contributed by atoms with van der Waals surface area (Å²) in [5.41, 5.74) is 1.86. The van der Waals surface area contributed by atoms with Crippen LogP contribution in [0.3, 0.4) is 0 Å². The van der Waals surface area contributed by atoms with Gasteiger partial charge in [-0.25, -0.2) is 14.4 Å². The third kappa shape index (κ3) is 35.9. The number of Topliss-reactive ketones (excluding diaryl/α,β-unsaturated/α-hetero) is 4. The predicted octanol–water partition coefficient (Wildman–Crippen LogP) is 3.97. The van der Waals surface area contributed by atoms with Gasteiger partial charge in [-0.2, -0.15) is 0 Å². The maximum Gasteiger partial charge on any atom is 0.326 e. The Kier molecular flexibility index (Phi) is 41.0. The minimum Gasteiger partial charge on any atom is -0.508 e. The van der Waals surface area contributed by atoms with Crippen LogP contribution in [0, 0.1) is 18.8 Å². The van der Waals surface area contributed by atoms with Gasteiger partial charge in [0.25, 0.3) is 0 Å². The standard InChI is InChI=1S/C56H80N6O19.C7H8O.CH4O/c1-2-48(69)60-45(34-64)47(68)31-39(33-63)52(74)58-32-41(66)23-25-50(71)59-44(29-35-21-22-36-14-10-11-15-37(36)28-35)46(67)30-38(53(75)76)16-6-5-8-18-40(65)17-7-3-4-9-20-49(70)57-27-13-12-19-42(54(77)78)61-56(81)62-43(55(79)80)24-26-51(72)73;1-6-2-4-7(8)5-3-6;1-2/h10-11,14-15,21-22,28,38-39,42-45,63-64H,2-9,12-13,16-20,23-27,29-34H2,1H3,(H,57,70)(H,58,74)(H,59,71)(H,60,69)(H,72,73)(H,75,76)(H,77,78)(H,79,80)(H2,61,62,81);2-5,8H,1H3;2H,1H3/t38-,39-,42?,43-,44+,45?;;/m0../s1. The van der Waals surface area contributed by atoms with Crippen LogP contribution < -0.4 is 31.9 Å². The number of ketones is 4. The number of fused-ring (bicyclic) bond motifs is 1. The van der Waals surface area contributed by atoms with Crippen LogP contribution in [0.5, 0.6) is 5.75 Å². The number of phenols is 1. The fraction of sp³-hybridized carbons (Fsp3) is 0.547. The molecule has 0 saturated heterocycles. The molecule has 27 nitrogen and oxygen atoms in total. The summed E-state index contributed by atoms with van der Waals surface area (Å²) in [6, 6.07) is 13.7. The van der Waals surface area contributed by atoms with Gasteiger partial charge in [0.15, 0.2) is 17.3 Å². The minimum atomic E-state index is -1.52. The van der Waals surface area contributed by atoms with Gasteiger partial charge in [-0.05, 0) is 93.2 Å². The number of hydrogen-bond acceptors (Lipinski definition) is 17. The highest BCUT2D eigenvalue weighted by Gasteiger charge is 2.30. The van der Waals surface area contributed by atoms with Crippen LogP contribution in [-0.2, 0) is 64.0 Å². The van der Waals surface area contributed by atoms with Gasteiger partial charge in [-0.15, -0.1) is 0 Å². The van der Waals surface area contributed by atoms with Crippen molar-refractivity contribution in [1.29, 1.82) is 0 Å². The molecule has 3 aromatic rings. The zero-order valence-electron chi connectivity index (χ0n) is 52.1. The van der Waals surface area contributed by atoms with Gasteiger partial charge in [0.05, 0.1) is 37.6 Å². The monoisotopic (exact) mass is 1280 g/mol. The Morgan fingerprint density at radius 2 is 1.03 bits per heavy atom. The Bertz CT molecular complexity index is 2810. The molecule has 0 saturated carbocycles. The number of aryl methyl sites for hydroxylation is 1. The molecule has 0 spiro atoms. The van der Waals surface area contributed by atoms with Crippen molar-refractivity contribution in [1.82, 2.24) is 31.9 Å². The van der Waals surface area contributed by atoms with Crippen LogP contribution in [0.15, 0.2) is 66.7 Å². The molecular formula is C64H92N6O21. The van der Waals surface area contributed by atoms with E-state index < -0.39 is 146 Å². The van der Waals surface area contributed by atoms with Crippen LogP contribution in [0.2, 0.25) is 0 Å². The van der Waals surface area contributed by atoms with Crippen molar-refractivity contribution in [3.63, 3.8) is 0 Å². The third-order valence-electron chi connectivity index (χ3n) is 14.4. The number of nitrogens with one attached hydrogen (secondary N) is 6. The number of carbonyl (C=O) groups is 13. The first-order valence-corrected chi connectivity index (χ1v) is 30.4. The number of unbranched alkanes of at least 4 members (excludes halogenated alkanes) is 6. The summed E-state index contributed by atoms with van der Waals surface area (Å²) in [6.07, 6.45) is 3.32. The van der Waals surface area contributed by atoms with Gasteiger partial charge >= 0.3 is 29.9 Å². The average Bonchev–Trinajstić information content (AvgIpc) is 1.32. The van der Waals surface area contributed by atoms with Gasteiger partial charge < -0.3 is 72.8 Å². The van der Waals surface area contributed by atoms with Crippen LogP contribution in [0.4, 0.5) is 4.79 Å². The van der Waals surface area contributed by atoms with Crippen LogP contribution >= 0.6 is 0 Å². The smallest absolute Gasteiger partial charge is 0.326 e. The van der Waals surface area contributed by atoms with Gasteiger partial charge in [0.2, 0.25) is 23.6 Å². The summed E-state index contributed by atoms with van der Waals surface area (Å²) in [6.45, 7) is 1.76. The van der Waals surface area contributed by atoms with Crippen molar-refractivity contribution in [3.8, 4) is 5.75 Å². The number of aromatic hydroxyl groups is 1. The molecule has 14 N–H and O–H groups in total. The number of carboxylic acids is 4. The lowest BCUT2D eigenvalue weighted by molar-refractivity contribution is -0.144. The second-order valence-electron chi connectivity index (χ2n) is 21.7. The predicted molar refractivity (Wildman–Crippen MR) is 332 cm³/mol. The average molecular weight is 1280 g/mol. The maximum atomic E-state index is 13.9. The van der Waals surface area contributed by atoms with Crippen LogP contribution in [0.1, 0.15) is 153 Å². The highest BCUT2D eigenvalue weighted by Crippen LogP contribution is 2.21. The number of carbonyl (C=O) groups excluding carboxylic acids is 9. The summed E-state index contributed by atoms with van der Waals surface area (Å²) >= 11 is 0. The fourth-order valence-electron chi connectivity index (χ4n) is 9.08. The zero-order chi connectivity index (χ0) is 68.3. The summed E-state index contributed by atoms with van der Waals surface area (Å²) in [5, 5.41) is 88.6. The van der Waals surface area contributed by atoms with E-state index in [0.717, 1.165) is 17.9 Å². The summed E-state index contributed by atoms with van der Waals surface area (Å²) < 4.78 is 0. The normalized spacial score (nSPS) is 12.6. The molecule has 27 heteroatoms. The van der Waals surface area contributed by atoms with Gasteiger partial charge in [-0.1, -0.05) is 92.8 Å². The summed E-state index contributed by atoms with van der Waals surface area (Å²) in [4.78, 5) is 160. The number of aliphatic hydroxyl groups is 3. The molecule has 0 radical (unpaired) electrons. The molecule has 0 aromatic heterocycles.